The van der Waals surface area contributed by atoms with Crippen LogP contribution in [0.4, 0.5) is 0 Å². The average Bonchev–Trinajstić information content (AvgIpc) is 2.86. The van der Waals surface area contributed by atoms with E-state index in [-0.39, 0.29) is 12.1 Å². The molecule has 2 aromatic rings. The molecule has 1 aromatic carbocycles. The summed E-state index contributed by atoms with van der Waals surface area (Å²) in [6.45, 7) is 3.88. The van der Waals surface area contributed by atoms with Crippen LogP contribution in [0, 0.1) is 0 Å². The fraction of sp³-hybridized carbons (Fsp3) is 0.467. The molecule has 19 heavy (non-hydrogen) atoms. The molecule has 1 aromatic heterocycles. The number of hydrogen-bond acceptors (Lipinski definition) is 4. The van der Waals surface area contributed by atoms with Crippen LogP contribution in [0.2, 0.25) is 0 Å². The van der Waals surface area contributed by atoms with Gasteiger partial charge in [-0.15, -0.1) is 0 Å². The molecule has 0 saturated carbocycles. The van der Waals surface area contributed by atoms with E-state index in [0.29, 0.717) is 19.8 Å². The number of para-hydroxylation sites is 1. The van der Waals surface area contributed by atoms with Crippen molar-refractivity contribution in [1.29, 1.82) is 0 Å². The predicted octanol–water partition coefficient (Wildman–Crippen LogP) is 2.41. The molecule has 2 atom stereocenters. The largest absolute Gasteiger partial charge is 0.461 e. The lowest BCUT2D eigenvalue weighted by molar-refractivity contribution is -0.0975. The average molecular weight is 261 g/mol. The van der Waals surface area contributed by atoms with Gasteiger partial charge in [0.05, 0.1) is 25.9 Å². The van der Waals surface area contributed by atoms with Gasteiger partial charge in [0, 0.05) is 17.4 Å². The van der Waals surface area contributed by atoms with Crippen LogP contribution in [0.3, 0.4) is 0 Å². The summed E-state index contributed by atoms with van der Waals surface area (Å²) in [5.74, 6) is 0.947. The Morgan fingerprint density at radius 3 is 2.89 bits per heavy atom. The van der Waals surface area contributed by atoms with Crippen LogP contribution in [0.1, 0.15) is 24.3 Å². The zero-order valence-electron chi connectivity index (χ0n) is 11.1. The predicted molar refractivity (Wildman–Crippen MR) is 73.1 cm³/mol. The van der Waals surface area contributed by atoms with Gasteiger partial charge >= 0.3 is 0 Å². The first-order valence-electron chi connectivity index (χ1n) is 6.76. The van der Waals surface area contributed by atoms with Gasteiger partial charge in [0.25, 0.3) is 0 Å². The molecule has 0 spiro atoms. The second-order valence-electron chi connectivity index (χ2n) is 4.80. The molecule has 2 heterocycles. The molecule has 2 unspecified atom stereocenters. The summed E-state index contributed by atoms with van der Waals surface area (Å²) in [5, 5.41) is 1.08. The summed E-state index contributed by atoms with van der Waals surface area (Å²) in [7, 11) is 0. The van der Waals surface area contributed by atoms with Gasteiger partial charge in [-0.05, 0) is 6.07 Å². The van der Waals surface area contributed by atoms with Crippen molar-refractivity contribution in [2.24, 2.45) is 5.73 Å². The van der Waals surface area contributed by atoms with Crippen molar-refractivity contribution >= 4 is 11.0 Å². The van der Waals surface area contributed by atoms with E-state index < -0.39 is 0 Å². The van der Waals surface area contributed by atoms with E-state index in [1.54, 1.807) is 0 Å². The van der Waals surface area contributed by atoms with Crippen molar-refractivity contribution in [3.05, 3.63) is 35.6 Å². The van der Waals surface area contributed by atoms with Crippen molar-refractivity contribution in [2.45, 2.75) is 25.5 Å². The van der Waals surface area contributed by atoms with E-state index in [1.807, 2.05) is 18.2 Å². The SMILES string of the molecule is CCc1oc2ccccc2c1C(N)C1COCCO1. The molecule has 1 aliphatic rings. The maximum atomic E-state index is 6.39. The van der Waals surface area contributed by atoms with E-state index >= 15 is 0 Å². The Morgan fingerprint density at radius 1 is 1.32 bits per heavy atom. The highest BCUT2D eigenvalue weighted by molar-refractivity contribution is 5.82. The minimum Gasteiger partial charge on any atom is -0.461 e. The molecule has 2 N–H and O–H groups in total. The lowest BCUT2D eigenvalue weighted by atomic mass is 9.98. The van der Waals surface area contributed by atoms with Gasteiger partial charge in [0.15, 0.2) is 0 Å². The number of hydrogen-bond donors (Lipinski definition) is 1. The van der Waals surface area contributed by atoms with E-state index in [4.69, 9.17) is 19.6 Å². The molecule has 4 heteroatoms. The maximum absolute atomic E-state index is 6.39. The highest BCUT2D eigenvalue weighted by Gasteiger charge is 2.28. The van der Waals surface area contributed by atoms with Gasteiger partial charge in [-0.3, -0.25) is 0 Å². The molecule has 1 fully saturated rings. The van der Waals surface area contributed by atoms with Crippen molar-refractivity contribution in [3.63, 3.8) is 0 Å². The Kier molecular flexibility index (Phi) is 3.55. The number of ether oxygens (including phenoxy) is 2. The van der Waals surface area contributed by atoms with Gasteiger partial charge in [-0.1, -0.05) is 25.1 Å². The molecule has 1 aliphatic heterocycles. The number of nitrogens with two attached hydrogens (primary N) is 1. The zero-order chi connectivity index (χ0) is 13.2. The number of fused-ring (bicyclic) bond motifs is 1. The second kappa shape index (κ2) is 5.33. The normalized spacial score (nSPS) is 21.7. The molecule has 3 rings (SSSR count). The first-order valence-corrected chi connectivity index (χ1v) is 6.76. The summed E-state index contributed by atoms with van der Waals surface area (Å²) in [4.78, 5) is 0. The molecular formula is C15H19NO3. The van der Waals surface area contributed by atoms with Crippen LogP contribution >= 0.6 is 0 Å². The van der Waals surface area contributed by atoms with Gasteiger partial charge in [0.1, 0.15) is 17.4 Å². The quantitative estimate of drug-likeness (QED) is 0.921. The van der Waals surface area contributed by atoms with Crippen LogP contribution in [0.25, 0.3) is 11.0 Å². The number of furan rings is 1. The molecule has 0 radical (unpaired) electrons. The molecule has 0 aliphatic carbocycles. The lowest BCUT2D eigenvalue weighted by Crippen LogP contribution is -2.38. The Balaban J connectivity index is 2.02. The molecular weight excluding hydrogens is 242 g/mol. The lowest BCUT2D eigenvalue weighted by Gasteiger charge is -2.28. The fourth-order valence-corrected chi connectivity index (χ4v) is 2.64. The Morgan fingerprint density at radius 2 is 2.16 bits per heavy atom. The Hall–Kier alpha value is -1.36. The van der Waals surface area contributed by atoms with Crippen molar-refractivity contribution in [3.8, 4) is 0 Å². The first-order chi connectivity index (χ1) is 9.31. The third kappa shape index (κ3) is 2.27. The van der Waals surface area contributed by atoms with Crippen molar-refractivity contribution in [1.82, 2.24) is 0 Å². The summed E-state index contributed by atoms with van der Waals surface area (Å²) >= 11 is 0. The third-order valence-corrected chi connectivity index (χ3v) is 3.61. The maximum Gasteiger partial charge on any atom is 0.134 e. The smallest absolute Gasteiger partial charge is 0.134 e. The zero-order valence-corrected chi connectivity index (χ0v) is 11.1. The highest BCUT2D eigenvalue weighted by Crippen LogP contribution is 2.33. The van der Waals surface area contributed by atoms with Crippen LogP contribution in [0.5, 0.6) is 0 Å². The summed E-state index contributed by atoms with van der Waals surface area (Å²) in [6.07, 6.45) is 0.728. The summed E-state index contributed by atoms with van der Waals surface area (Å²) < 4.78 is 17.1. The number of benzene rings is 1. The van der Waals surface area contributed by atoms with Crippen molar-refractivity contribution in [2.75, 3.05) is 19.8 Å². The third-order valence-electron chi connectivity index (χ3n) is 3.61. The Bertz CT molecular complexity index is 558. The Labute approximate surface area is 112 Å². The molecule has 102 valence electrons. The topological polar surface area (TPSA) is 57.6 Å². The van der Waals surface area contributed by atoms with Crippen LogP contribution in [0.15, 0.2) is 28.7 Å². The number of rotatable bonds is 3. The van der Waals surface area contributed by atoms with Gasteiger partial charge in [0.2, 0.25) is 0 Å². The van der Waals surface area contributed by atoms with Gasteiger partial charge in [-0.25, -0.2) is 0 Å². The fourth-order valence-electron chi connectivity index (χ4n) is 2.64. The van der Waals surface area contributed by atoms with Crippen molar-refractivity contribution < 1.29 is 13.9 Å². The summed E-state index contributed by atoms with van der Waals surface area (Å²) in [5.41, 5.74) is 8.35. The van der Waals surface area contributed by atoms with Gasteiger partial charge < -0.3 is 19.6 Å². The second-order valence-corrected chi connectivity index (χ2v) is 4.80. The monoisotopic (exact) mass is 261 g/mol. The molecule has 4 nitrogen and oxygen atoms in total. The summed E-state index contributed by atoms with van der Waals surface area (Å²) in [6, 6.07) is 7.80. The van der Waals surface area contributed by atoms with Crippen LogP contribution in [-0.2, 0) is 15.9 Å². The standard InChI is InChI=1S/C15H19NO3/c1-2-11-14(10-5-3-4-6-12(10)19-11)15(16)13-9-17-7-8-18-13/h3-6,13,15H,2,7-9,16H2,1H3. The first kappa shape index (κ1) is 12.7. The molecule has 0 amide bonds. The minimum absolute atomic E-state index is 0.0972. The van der Waals surface area contributed by atoms with Crippen LogP contribution < -0.4 is 5.73 Å². The van der Waals surface area contributed by atoms with Crippen LogP contribution in [-0.4, -0.2) is 25.9 Å². The number of aryl methyl sites for hydroxylation is 1. The van der Waals surface area contributed by atoms with Gasteiger partial charge in [-0.2, -0.15) is 0 Å². The van der Waals surface area contributed by atoms with E-state index in [9.17, 15) is 0 Å². The molecule has 1 saturated heterocycles. The highest BCUT2D eigenvalue weighted by atomic mass is 16.6. The van der Waals surface area contributed by atoms with E-state index in [0.717, 1.165) is 28.7 Å². The minimum atomic E-state index is -0.209. The molecule has 0 bridgehead atoms. The van der Waals surface area contributed by atoms with E-state index in [1.165, 1.54) is 0 Å². The van der Waals surface area contributed by atoms with E-state index in [2.05, 4.69) is 13.0 Å².